The fourth-order valence-electron chi connectivity index (χ4n) is 2.42. The molecule has 0 radical (unpaired) electrons. The van der Waals surface area contributed by atoms with E-state index in [4.69, 9.17) is 4.74 Å². The van der Waals surface area contributed by atoms with Gasteiger partial charge in [-0.2, -0.15) is 0 Å². The van der Waals surface area contributed by atoms with Crippen molar-refractivity contribution >= 4 is 11.6 Å². The zero-order valence-electron chi connectivity index (χ0n) is 11.4. The number of ether oxygens (including phenoxy) is 1. The molecule has 0 spiro atoms. The van der Waals surface area contributed by atoms with Gasteiger partial charge in [-0.15, -0.1) is 0 Å². The normalized spacial score (nSPS) is 15.1. The Labute approximate surface area is 117 Å². The van der Waals surface area contributed by atoms with Crippen molar-refractivity contribution in [1.29, 1.82) is 0 Å². The second kappa shape index (κ2) is 6.36. The van der Waals surface area contributed by atoms with Crippen LogP contribution in [0.5, 0.6) is 5.75 Å². The van der Waals surface area contributed by atoms with E-state index in [0.717, 1.165) is 25.7 Å². The number of amides is 1. The third-order valence-corrected chi connectivity index (χ3v) is 3.41. The second-order valence-electron chi connectivity index (χ2n) is 4.83. The molecule has 0 aliphatic heterocycles. The molecule has 1 aromatic rings. The van der Waals surface area contributed by atoms with Crippen LogP contribution >= 0.6 is 0 Å². The Morgan fingerprint density at radius 3 is 2.75 bits per heavy atom. The van der Waals surface area contributed by atoms with Crippen molar-refractivity contribution in [2.24, 2.45) is 0 Å². The van der Waals surface area contributed by atoms with Gasteiger partial charge in [0.1, 0.15) is 0 Å². The summed E-state index contributed by atoms with van der Waals surface area (Å²) >= 11 is 0. The van der Waals surface area contributed by atoms with E-state index in [9.17, 15) is 14.9 Å². The molecule has 1 saturated carbocycles. The molecule has 2 rings (SSSR count). The van der Waals surface area contributed by atoms with Gasteiger partial charge in [0.05, 0.1) is 11.5 Å². The van der Waals surface area contributed by atoms with Crippen LogP contribution in [0.4, 0.5) is 5.69 Å². The van der Waals surface area contributed by atoms with Crippen molar-refractivity contribution < 1.29 is 14.5 Å². The Bertz CT molecular complexity index is 510. The lowest BCUT2D eigenvalue weighted by atomic mass is 10.1. The number of hydrogen-bond donors (Lipinski definition) is 1. The zero-order chi connectivity index (χ0) is 14.5. The molecule has 1 aliphatic rings. The van der Waals surface area contributed by atoms with Crippen LogP contribution in [0.25, 0.3) is 0 Å². The Hall–Kier alpha value is -2.11. The maximum absolute atomic E-state index is 12.1. The SMILES string of the molecule is CCOc1cc(C(=O)NC2CCCC2)ccc1[N+](=O)[O-]. The summed E-state index contributed by atoms with van der Waals surface area (Å²) in [6.45, 7) is 2.06. The van der Waals surface area contributed by atoms with Gasteiger partial charge in [-0.25, -0.2) is 0 Å². The van der Waals surface area contributed by atoms with Gasteiger partial charge in [0.25, 0.3) is 5.91 Å². The van der Waals surface area contributed by atoms with E-state index in [1.54, 1.807) is 6.92 Å². The largest absolute Gasteiger partial charge is 0.487 e. The predicted octanol–water partition coefficient (Wildman–Crippen LogP) is 2.67. The first-order valence-corrected chi connectivity index (χ1v) is 6.84. The number of carbonyl (C=O) groups excluding carboxylic acids is 1. The standard InChI is InChI=1S/C14H18N2O4/c1-2-20-13-9-10(7-8-12(13)16(18)19)14(17)15-11-5-3-4-6-11/h7-9,11H,2-6H2,1H3,(H,15,17). The van der Waals surface area contributed by atoms with Gasteiger partial charge in [0, 0.05) is 23.7 Å². The van der Waals surface area contributed by atoms with Crippen molar-refractivity contribution in [1.82, 2.24) is 5.32 Å². The monoisotopic (exact) mass is 278 g/mol. The summed E-state index contributed by atoms with van der Waals surface area (Å²) in [5.74, 6) is -0.0654. The summed E-state index contributed by atoms with van der Waals surface area (Å²) in [7, 11) is 0. The molecule has 1 N–H and O–H groups in total. The third kappa shape index (κ3) is 3.26. The molecule has 0 saturated heterocycles. The summed E-state index contributed by atoms with van der Waals surface area (Å²) in [6, 6.07) is 4.43. The minimum Gasteiger partial charge on any atom is -0.487 e. The van der Waals surface area contributed by atoms with Crippen LogP contribution in [-0.4, -0.2) is 23.5 Å². The molecule has 1 aromatic carbocycles. The lowest BCUT2D eigenvalue weighted by molar-refractivity contribution is -0.385. The molecule has 108 valence electrons. The molecule has 0 atom stereocenters. The van der Waals surface area contributed by atoms with Gasteiger partial charge in [-0.1, -0.05) is 12.8 Å². The number of nitro groups is 1. The first kappa shape index (κ1) is 14.3. The highest BCUT2D eigenvalue weighted by Gasteiger charge is 2.21. The zero-order valence-corrected chi connectivity index (χ0v) is 11.4. The van der Waals surface area contributed by atoms with Crippen LogP contribution in [0.1, 0.15) is 43.0 Å². The molecule has 1 fully saturated rings. The first-order chi connectivity index (χ1) is 9.61. The molecule has 0 unspecified atom stereocenters. The minimum atomic E-state index is -0.510. The van der Waals surface area contributed by atoms with Gasteiger partial charge < -0.3 is 10.1 Å². The van der Waals surface area contributed by atoms with Crippen LogP contribution in [-0.2, 0) is 0 Å². The van der Waals surface area contributed by atoms with Crippen LogP contribution in [0.15, 0.2) is 18.2 Å². The highest BCUT2D eigenvalue weighted by molar-refractivity contribution is 5.95. The summed E-state index contributed by atoms with van der Waals surface area (Å²) in [5, 5.41) is 13.8. The van der Waals surface area contributed by atoms with E-state index in [0.29, 0.717) is 12.2 Å². The predicted molar refractivity (Wildman–Crippen MR) is 74.0 cm³/mol. The fourth-order valence-corrected chi connectivity index (χ4v) is 2.42. The van der Waals surface area contributed by atoms with Crippen molar-refractivity contribution in [3.63, 3.8) is 0 Å². The number of nitrogens with zero attached hydrogens (tertiary/aromatic N) is 1. The summed E-state index contributed by atoms with van der Waals surface area (Å²) in [4.78, 5) is 22.5. The number of rotatable bonds is 5. The molecule has 0 heterocycles. The molecular weight excluding hydrogens is 260 g/mol. The highest BCUT2D eigenvalue weighted by atomic mass is 16.6. The van der Waals surface area contributed by atoms with E-state index in [-0.39, 0.29) is 23.4 Å². The Kier molecular flexibility index (Phi) is 4.55. The quantitative estimate of drug-likeness (QED) is 0.663. The summed E-state index contributed by atoms with van der Waals surface area (Å²) < 4.78 is 5.24. The molecular formula is C14H18N2O4. The third-order valence-electron chi connectivity index (χ3n) is 3.41. The molecule has 1 amide bonds. The van der Waals surface area contributed by atoms with E-state index in [2.05, 4.69) is 5.32 Å². The summed E-state index contributed by atoms with van der Waals surface area (Å²) in [6.07, 6.45) is 4.26. The lowest BCUT2D eigenvalue weighted by Crippen LogP contribution is -2.32. The van der Waals surface area contributed by atoms with E-state index in [1.807, 2.05) is 0 Å². The van der Waals surface area contributed by atoms with Gasteiger partial charge in [-0.3, -0.25) is 14.9 Å². The second-order valence-corrected chi connectivity index (χ2v) is 4.83. The van der Waals surface area contributed by atoms with Gasteiger partial charge in [0.2, 0.25) is 0 Å². The number of nitrogens with one attached hydrogen (secondary N) is 1. The van der Waals surface area contributed by atoms with E-state index >= 15 is 0 Å². The van der Waals surface area contributed by atoms with Crippen LogP contribution in [0.3, 0.4) is 0 Å². The molecule has 1 aliphatic carbocycles. The molecule has 0 aromatic heterocycles. The molecule has 0 bridgehead atoms. The number of nitro benzene ring substituents is 1. The fraction of sp³-hybridized carbons (Fsp3) is 0.500. The maximum atomic E-state index is 12.1. The molecule has 6 heteroatoms. The van der Waals surface area contributed by atoms with Crippen molar-refractivity contribution in [3.8, 4) is 5.75 Å². The van der Waals surface area contributed by atoms with Crippen molar-refractivity contribution in [2.45, 2.75) is 38.6 Å². The van der Waals surface area contributed by atoms with E-state index < -0.39 is 4.92 Å². The number of carbonyl (C=O) groups is 1. The van der Waals surface area contributed by atoms with Crippen LogP contribution in [0.2, 0.25) is 0 Å². The van der Waals surface area contributed by atoms with Gasteiger partial charge >= 0.3 is 5.69 Å². The topological polar surface area (TPSA) is 81.5 Å². The Morgan fingerprint density at radius 2 is 2.15 bits per heavy atom. The van der Waals surface area contributed by atoms with Gasteiger partial charge in [-0.05, 0) is 25.8 Å². The minimum absolute atomic E-state index is 0.121. The average Bonchev–Trinajstić information content (AvgIpc) is 2.91. The van der Waals surface area contributed by atoms with Crippen molar-refractivity contribution in [3.05, 3.63) is 33.9 Å². The Balaban J connectivity index is 2.16. The van der Waals surface area contributed by atoms with Gasteiger partial charge in [0.15, 0.2) is 5.75 Å². The summed E-state index contributed by atoms with van der Waals surface area (Å²) in [5.41, 5.74) is 0.273. The molecule has 6 nitrogen and oxygen atoms in total. The lowest BCUT2D eigenvalue weighted by Gasteiger charge is -2.12. The smallest absolute Gasteiger partial charge is 0.310 e. The van der Waals surface area contributed by atoms with Crippen LogP contribution < -0.4 is 10.1 Å². The highest BCUT2D eigenvalue weighted by Crippen LogP contribution is 2.28. The average molecular weight is 278 g/mol. The number of hydrogen-bond acceptors (Lipinski definition) is 4. The van der Waals surface area contributed by atoms with Crippen molar-refractivity contribution in [2.75, 3.05) is 6.61 Å². The maximum Gasteiger partial charge on any atom is 0.310 e. The Morgan fingerprint density at radius 1 is 1.45 bits per heavy atom. The van der Waals surface area contributed by atoms with Crippen LogP contribution in [0, 0.1) is 10.1 Å². The van der Waals surface area contributed by atoms with E-state index in [1.165, 1.54) is 18.2 Å². The molecule has 20 heavy (non-hydrogen) atoms. The number of benzene rings is 1. The first-order valence-electron chi connectivity index (χ1n) is 6.84.